The number of hydrogen-bond donors (Lipinski definition) is 0. The fourth-order valence-electron chi connectivity index (χ4n) is 7.32. The third-order valence-corrected chi connectivity index (χ3v) is 9.43. The molecule has 0 N–H and O–H groups in total. The van der Waals surface area contributed by atoms with Crippen LogP contribution in [0.2, 0.25) is 0 Å². The van der Waals surface area contributed by atoms with E-state index in [4.69, 9.17) is 0 Å². The Morgan fingerprint density at radius 3 is 1.44 bits per heavy atom. The Morgan fingerprint density at radius 2 is 0.833 bits per heavy atom. The first-order chi connectivity index (χ1) is 23.7. The molecule has 4 heteroatoms. The molecule has 7 aromatic carbocycles. The lowest BCUT2D eigenvalue weighted by Crippen LogP contribution is -2.00. The molecule has 0 aliphatic heterocycles. The van der Waals surface area contributed by atoms with Crippen molar-refractivity contribution in [1.29, 1.82) is 10.5 Å². The van der Waals surface area contributed by atoms with Crippen molar-refractivity contribution in [3.63, 3.8) is 0 Å². The van der Waals surface area contributed by atoms with Crippen molar-refractivity contribution in [3.8, 4) is 45.8 Å². The second-order valence-electron chi connectivity index (χ2n) is 12.0. The van der Waals surface area contributed by atoms with Crippen LogP contribution in [0.15, 0.2) is 158 Å². The van der Waals surface area contributed by atoms with Crippen LogP contribution in [-0.2, 0) is 0 Å². The van der Waals surface area contributed by atoms with Crippen LogP contribution in [-0.4, -0.2) is 9.13 Å². The van der Waals surface area contributed by atoms with Gasteiger partial charge in [-0.2, -0.15) is 10.5 Å². The van der Waals surface area contributed by atoms with Gasteiger partial charge in [0.2, 0.25) is 0 Å². The minimum absolute atomic E-state index is 0.580. The highest BCUT2D eigenvalue weighted by Crippen LogP contribution is 2.39. The Labute approximate surface area is 277 Å². The number of hydrogen-bond acceptors (Lipinski definition) is 2. The van der Waals surface area contributed by atoms with Crippen LogP contribution in [0.3, 0.4) is 0 Å². The summed E-state index contributed by atoms with van der Waals surface area (Å²) in [5.41, 5.74) is 11.3. The Morgan fingerprint density at radius 1 is 0.375 bits per heavy atom. The van der Waals surface area contributed by atoms with Gasteiger partial charge in [0.15, 0.2) is 0 Å². The molecule has 0 atom stereocenters. The van der Waals surface area contributed by atoms with Crippen molar-refractivity contribution in [2.75, 3.05) is 0 Å². The largest absolute Gasteiger partial charge is 0.309 e. The fraction of sp³-hybridized carbons (Fsp3) is 0. The summed E-state index contributed by atoms with van der Waals surface area (Å²) in [7, 11) is 0. The number of benzene rings is 7. The molecule has 0 aliphatic rings. The van der Waals surface area contributed by atoms with Crippen LogP contribution in [0, 0.1) is 22.7 Å². The van der Waals surface area contributed by atoms with E-state index in [1.165, 1.54) is 21.8 Å². The van der Waals surface area contributed by atoms with E-state index in [9.17, 15) is 10.5 Å². The second kappa shape index (κ2) is 10.9. The predicted molar refractivity (Wildman–Crippen MR) is 195 cm³/mol. The molecule has 48 heavy (non-hydrogen) atoms. The summed E-state index contributed by atoms with van der Waals surface area (Å²) in [5.74, 6) is 0. The third kappa shape index (κ3) is 4.07. The van der Waals surface area contributed by atoms with Crippen molar-refractivity contribution in [3.05, 3.63) is 169 Å². The third-order valence-electron chi connectivity index (χ3n) is 9.43. The van der Waals surface area contributed by atoms with Crippen molar-refractivity contribution in [2.45, 2.75) is 0 Å². The zero-order valence-electron chi connectivity index (χ0n) is 25.8. The van der Waals surface area contributed by atoms with Gasteiger partial charge in [0, 0.05) is 32.8 Å². The van der Waals surface area contributed by atoms with E-state index in [-0.39, 0.29) is 0 Å². The van der Waals surface area contributed by atoms with Crippen molar-refractivity contribution >= 4 is 43.6 Å². The maximum Gasteiger partial charge on any atom is 0.101 e. The first-order valence-electron chi connectivity index (χ1n) is 15.9. The van der Waals surface area contributed by atoms with Gasteiger partial charge in [0.25, 0.3) is 0 Å². The molecule has 9 rings (SSSR count). The monoisotopic (exact) mass is 610 g/mol. The average Bonchev–Trinajstić information content (AvgIpc) is 3.68. The highest BCUT2D eigenvalue weighted by atomic mass is 15.0. The molecule has 0 fully saturated rings. The molecule has 2 aromatic heterocycles. The van der Waals surface area contributed by atoms with Crippen LogP contribution in [0.1, 0.15) is 11.1 Å². The summed E-state index contributed by atoms with van der Waals surface area (Å²) >= 11 is 0. The maximum atomic E-state index is 10.3. The van der Waals surface area contributed by atoms with E-state index in [1.54, 1.807) is 0 Å². The van der Waals surface area contributed by atoms with Crippen LogP contribution in [0.4, 0.5) is 0 Å². The lowest BCUT2D eigenvalue weighted by Gasteiger charge is -2.16. The van der Waals surface area contributed by atoms with Gasteiger partial charge in [-0.3, -0.25) is 0 Å². The van der Waals surface area contributed by atoms with Gasteiger partial charge < -0.3 is 9.13 Å². The lowest BCUT2D eigenvalue weighted by molar-refractivity contribution is 1.17. The molecule has 0 spiro atoms. The molecule has 9 aromatic rings. The number of para-hydroxylation sites is 4. The van der Waals surface area contributed by atoms with Gasteiger partial charge in [0.1, 0.15) is 6.07 Å². The normalized spacial score (nSPS) is 11.3. The lowest BCUT2D eigenvalue weighted by atomic mass is 9.95. The molecule has 0 aliphatic carbocycles. The number of nitriles is 2. The summed E-state index contributed by atoms with van der Waals surface area (Å²) in [6.07, 6.45) is 0. The molecule has 0 amide bonds. The zero-order chi connectivity index (χ0) is 32.2. The molecule has 0 saturated carbocycles. The number of aromatic nitrogens is 2. The first-order valence-corrected chi connectivity index (χ1v) is 15.9. The topological polar surface area (TPSA) is 57.4 Å². The van der Waals surface area contributed by atoms with Gasteiger partial charge in [-0.05, 0) is 65.2 Å². The highest BCUT2D eigenvalue weighted by molar-refractivity contribution is 6.12. The van der Waals surface area contributed by atoms with Crippen LogP contribution >= 0.6 is 0 Å². The van der Waals surface area contributed by atoms with Crippen molar-refractivity contribution in [1.82, 2.24) is 9.13 Å². The standard InChI is InChI=1S/C44H26N4/c45-27-32-9-8-18-42(48-41-17-6-3-13-37(41)38-14-7-10-33(28-46)44(38)48)43(32)31-21-19-29(20-22-31)30-23-25-34(26-24-30)47-39-15-4-1-11-35(39)36-12-2-5-16-40(36)47/h1-26H. The van der Waals surface area contributed by atoms with E-state index in [0.717, 1.165) is 55.4 Å². The van der Waals surface area contributed by atoms with Gasteiger partial charge in [0.05, 0.1) is 45.0 Å². The minimum atomic E-state index is 0.580. The van der Waals surface area contributed by atoms with Crippen LogP contribution < -0.4 is 0 Å². The number of fused-ring (bicyclic) bond motifs is 6. The van der Waals surface area contributed by atoms with Gasteiger partial charge >= 0.3 is 0 Å². The summed E-state index contributed by atoms with van der Waals surface area (Å²) in [5, 5.41) is 25.0. The van der Waals surface area contributed by atoms with E-state index >= 15 is 0 Å². The SMILES string of the molecule is N#Cc1cccc(-n2c3ccccc3c3cccc(C#N)c32)c1-c1ccc(-c2ccc(-n3c4ccccc4c4ccccc43)cc2)cc1. The predicted octanol–water partition coefficient (Wildman–Crippen LogP) is 11.0. The van der Waals surface area contributed by atoms with Crippen LogP contribution in [0.5, 0.6) is 0 Å². The summed E-state index contributed by atoms with van der Waals surface area (Å²) in [6, 6.07) is 58.9. The van der Waals surface area contributed by atoms with E-state index in [0.29, 0.717) is 11.1 Å². The van der Waals surface area contributed by atoms with Gasteiger partial charge in [-0.25, -0.2) is 0 Å². The molecule has 4 nitrogen and oxygen atoms in total. The van der Waals surface area contributed by atoms with Crippen LogP contribution in [0.25, 0.3) is 77.2 Å². The fourth-order valence-corrected chi connectivity index (χ4v) is 7.32. The molecule has 2 heterocycles. The highest BCUT2D eigenvalue weighted by Gasteiger charge is 2.20. The van der Waals surface area contributed by atoms with E-state index in [2.05, 4.69) is 137 Å². The van der Waals surface area contributed by atoms with E-state index in [1.807, 2.05) is 42.5 Å². The molecule has 0 unspecified atom stereocenters. The Bertz CT molecular complexity index is 2730. The molecule has 0 radical (unpaired) electrons. The molecular formula is C44H26N4. The molecule has 0 saturated heterocycles. The number of nitrogens with zero attached hydrogens (tertiary/aromatic N) is 4. The summed E-state index contributed by atoms with van der Waals surface area (Å²) in [6.45, 7) is 0. The zero-order valence-corrected chi connectivity index (χ0v) is 25.8. The molecule has 0 bridgehead atoms. The summed E-state index contributed by atoms with van der Waals surface area (Å²) < 4.78 is 4.46. The Hall–Kier alpha value is -6.88. The second-order valence-corrected chi connectivity index (χ2v) is 12.0. The number of rotatable bonds is 4. The average molecular weight is 611 g/mol. The van der Waals surface area contributed by atoms with E-state index < -0.39 is 0 Å². The van der Waals surface area contributed by atoms with Gasteiger partial charge in [-0.1, -0.05) is 109 Å². The Kier molecular flexibility index (Phi) is 6.22. The first kappa shape index (κ1) is 27.4. The van der Waals surface area contributed by atoms with Gasteiger partial charge in [-0.15, -0.1) is 0 Å². The Balaban J connectivity index is 1.15. The minimum Gasteiger partial charge on any atom is -0.309 e. The van der Waals surface area contributed by atoms with Crippen molar-refractivity contribution < 1.29 is 0 Å². The maximum absolute atomic E-state index is 10.3. The van der Waals surface area contributed by atoms with Crippen molar-refractivity contribution in [2.24, 2.45) is 0 Å². The summed E-state index contributed by atoms with van der Waals surface area (Å²) in [4.78, 5) is 0. The smallest absolute Gasteiger partial charge is 0.101 e. The molecular weight excluding hydrogens is 585 g/mol. The quantitative estimate of drug-likeness (QED) is 0.199. The molecule has 222 valence electrons.